The molecule has 27 heavy (non-hydrogen) atoms. The minimum Gasteiger partial charge on any atom is -0.496 e. The topological polar surface area (TPSA) is 59.6 Å². The second kappa shape index (κ2) is 8.39. The second-order valence-corrected chi connectivity index (χ2v) is 6.71. The van der Waals surface area contributed by atoms with Gasteiger partial charge < -0.3 is 20.1 Å². The Kier molecular flexibility index (Phi) is 5.96. The number of methoxy groups -OCH3 is 1. The van der Waals surface area contributed by atoms with E-state index in [1.165, 1.54) is 0 Å². The number of carbonyl (C=O) groups excluding carboxylic acids is 1. The van der Waals surface area contributed by atoms with Crippen LogP contribution in [0.4, 0.5) is 0 Å². The molecular weight excluding hydrogens is 360 g/mol. The Hall–Kier alpha value is -2.60. The highest BCUT2D eigenvalue weighted by Gasteiger charge is 2.34. The summed E-state index contributed by atoms with van der Waals surface area (Å²) in [5.74, 6) is 0.358. The maximum atomic E-state index is 12.9. The lowest BCUT2D eigenvalue weighted by atomic mass is 9.89. The van der Waals surface area contributed by atoms with E-state index in [4.69, 9.17) is 21.7 Å². The molecule has 0 saturated carbocycles. The Bertz CT molecular complexity index is 907. The lowest BCUT2D eigenvalue weighted by Crippen LogP contribution is -2.46. The van der Waals surface area contributed by atoms with Crippen molar-refractivity contribution in [3.05, 3.63) is 53.2 Å². The molecule has 2 N–H and O–H groups in total. The Labute approximate surface area is 164 Å². The molecule has 0 aliphatic carbocycles. The highest BCUT2D eigenvalue weighted by Crippen LogP contribution is 2.39. The van der Waals surface area contributed by atoms with Crippen LogP contribution < -0.4 is 15.4 Å². The predicted molar refractivity (Wildman–Crippen MR) is 111 cm³/mol. The average Bonchev–Trinajstić information content (AvgIpc) is 2.67. The zero-order valence-electron chi connectivity index (χ0n) is 15.8. The van der Waals surface area contributed by atoms with Crippen LogP contribution in [0, 0.1) is 0 Å². The van der Waals surface area contributed by atoms with Crippen molar-refractivity contribution in [3.8, 4) is 5.75 Å². The third-order valence-electron chi connectivity index (χ3n) is 4.59. The van der Waals surface area contributed by atoms with Crippen molar-refractivity contribution >= 4 is 34.1 Å². The minimum absolute atomic E-state index is 0.311. The number of esters is 1. The fourth-order valence-electron chi connectivity index (χ4n) is 3.48. The van der Waals surface area contributed by atoms with Crippen molar-refractivity contribution in [1.82, 2.24) is 10.6 Å². The van der Waals surface area contributed by atoms with E-state index in [-0.39, 0.29) is 5.97 Å². The standard InChI is InChI=1S/C21H24N2O3S/c1-4-8-15-18(20(24)26-5-2)19(23-21(27)22-15)17-14-10-7-6-9-13(14)11-12-16(17)25-3/h6-7,9-12,19H,4-5,8H2,1-3H3,(H2,22,23,27)/t19-/m0/s1. The van der Waals surface area contributed by atoms with Gasteiger partial charge in [0.1, 0.15) is 5.75 Å². The first kappa shape index (κ1) is 19.2. The summed E-state index contributed by atoms with van der Waals surface area (Å²) in [6, 6.07) is 11.5. The van der Waals surface area contributed by atoms with Gasteiger partial charge in [-0.05, 0) is 42.4 Å². The monoisotopic (exact) mass is 384 g/mol. The van der Waals surface area contributed by atoms with E-state index in [9.17, 15) is 4.79 Å². The molecule has 1 aliphatic heterocycles. The average molecular weight is 385 g/mol. The summed E-state index contributed by atoms with van der Waals surface area (Å²) in [6.45, 7) is 4.18. The van der Waals surface area contributed by atoms with Crippen LogP contribution in [-0.2, 0) is 9.53 Å². The number of benzene rings is 2. The molecule has 1 heterocycles. The number of rotatable bonds is 6. The van der Waals surface area contributed by atoms with Gasteiger partial charge in [-0.2, -0.15) is 0 Å². The maximum Gasteiger partial charge on any atom is 0.338 e. The van der Waals surface area contributed by atoms with E-state index >= 15 is 0 Å². The van der Waals surface area contributed by atoms with Gasteiger partial charge in [0.15, 0.2) is 5.11 Å². The number of thiocarbonyl (C=S) groups is 1. The molecule has 0 unspecified atom stereocenters. The maximum absolute atomic E-state index is 12.9. The van der Waals surface area contributed by atoms with Gasteiger partial charge in [0.05, 0.1) is 25.3 Å². The van der Waals surface area contributed by atoms with Crippen LogP contribution >= 0.6 is 12.2 Å². The molecule has 1 atom stereocenters. The number of fused-ring (bicyclic) bond motifs is 1. The molecule has 2 aromatic carbocycles. The molecule has 0 bridgehead atoms. The van der Waals surface area contributed by atoms with Gasteiger partial charge in [0, 0.05) is 11.3 Å². The summed E-state index contributed by atoms with van der Waals surface area (Å²) in [6.07, 6.45) is 1.59. The summed E-state index contributed by atoms with van der Waals surface area (Å²) in [4.78, 5) is 12.9. The molecular formula is C21H24N2O3S. The van der Waals surface area contributed by atoms with E-state index in [1.54, 1.807) is 14.0 Å². The van der Waals surface area contributed by atoms with E-state index in [1.807, 2.05) is 36.4 Å². The Morgan fingerprint density at radius 3 is 2.67 bits per heavy atom. The Balaban J connectivity index is 2.26. The summed E-state index contributed by atoms with van der Waals surface area (Å²) in [7, 11) is 1.63. The van der Waals surface area contributed by atoms with E-state index in [2.05, 4.69) is 17.6 Å². The fraction of sp³-hybridized carbons (Fsp3) is 0.333. The molecule has 3 rings (SSSR count). The van der Waals surface area contributed by atoms with Crippen molar-refractivity contribution < 1.29 is 14.3 Å². The molecule has 0 radical (unpaired) electrons. The fourth-order valence-corrected chi connectivity index (χ4v) is 3.72. The zero-order chi connectivity index (χ0) is 19.4. The van der Waals surface area contributed by atoms with E-state index in [0.29, 0.717) is 29.5 Å². The van der Waals surface area contributed by atoms with Crippen molar-refractivity contribution in [2.75, 3.05) is 13.7 Å². The van der Waals surface area contributed by atoms with Crippen molar-refractivity contribution in [1.29, 1.82) is 0 Å². The van der Waals surface area contributed by atoms with Gasteiger partial charge >= 0.3 is 5.97 Å². The second-order valence-electron chi connectivity index (χ2n) is 6.30. The normalized spacial score (nSPS) is 16.7. The summed E-state index contributed by atoms with van der Waals surface area (Å²) >= 11 is 5.43. The minimum atomic E-state index is -0.444. The highest BCUT2D eigenvalue weighted by molar-refractivity contribution is 7.80. The van der Waals surface area contributed by atoms with Crippen molar-refractivity contribution in [3.63, 3.8) is 0 Å². The quantitative estimate of drug-likeness (QED) is 0.580. The summed E-state index contributed by atoms with van der Waals surface area (Å²) < 4.78 is 11.0. The highest BCUT2D eigenvalue weighted by atomic mass is 32.1. The summed E-state index contributed by atoms with van der Waals surface area (Å²) in [5, 5.41) is 8.98. The first-order valence-corrected chi connectivity index (χ1v) is 9.54. The molecule has 142 valence electrons. The molecule has 5 nitrogen and oxygen atoms in total. The van der Waals surface area contributed by atoms with Crippen LogP contribution in [0.15, 0.2) is 47.7 Å². The Morgan fingerprint density at radius 1 is 1.19 bits per heavy atom. The van der Waals surface area contributed by atoms with Crippen molar-refractivity contribution in [2.24, 2.45) is 0 Å². The molecule has 6 heteroatoms. The number of hydrogen-bond acceptors (Lipinski definition) is 4. The number of hydrogen-bond donors (Lipinski definition) is 2. The SMILES string of the molecule is CCCC1=C(C(=O)OCC)[C@H](c2c(OC)ccc3ccccc23)NC(=S)N1. The van der Waals surface area contributed by atoms with E-state index < -0.39 is 6.04 Å². The van der Waals surface area contributed by atoms with Gasteiger partial charge in [-0.1, -0.05) is 43.7 Å². The molecule has 0 saturated heterocycles. The summed E-state index contributed by atoms with van der Waals surface area (Å²) in [5.41, 5.74) is 2.25. The van der Waals surface area contributed by atoms with Crippen LogP contribution in [0.25, 0.3) is 10.8 Å². The molecule has 1 aliphatic rings. The third kappa shape index (κ3) is 3.76. The van der Waals surface area contributed by atoms with Gasteiger partial charge in [-0.15, -0.1) is 0 Å². The van der Waals surface area contributed by atoms with Crippen LogP contribution in [0.1, 0.15) is 38.3 Å². The van der Waals surface area contributed by atoms with Crippen molar-refractivity contribution in [2.45, 2.75) is 32.7 Å². The third-order valence-corrected chi connectivity index (χ3v) is 4.81. The number of ether oxygens (including phenoxy) is 2. The van der Waals surface area contributed by atoms with Gasteiger partial charge in [0.25, 0.3) is 0 Å². The van der Waals surface area contributed by atoms with Crippen LogP contribution in [0.5, 0.6) is 5.75 Å². The van der Waals surface area contributed by atoms with Gasteiger partial charge in [-0.3, -0.25) is 0 Å². The van der Waals surface area contributed by atoms with Gasteiger partial charge in [-0.25, -0.2) is 4.79 Å². The first-order valence-electron chi connectivity index (χ1n) is 9.14. The largest absolute Gasteiger partial charge is 0.496 e. The molecule has 0 fully saturated rings. The van der Waals surface area contributed by atoms with Crippen LogP contribution in [0.2, 0.25) is 0 Å². The lowest BCUT2D eigenvalue weighted by Gasteiger charge is -2.32. The first-order chi connectivity index (χ1) is 13.1. The van der Waals surface area contributed by atoms with Crippen LogP contribution in [0.3, 0.4) is 0 Å². The Morgan fingerprint density at radius 2 is 1.96 bits per heavy atom. The number of allylic oxidation sites excluding steroid dienone is 1. The predicted octanol–water partition coefficient (Wildman–Crippen LogP) is 3.98. The van der Waals surface area contributed by atoms with E-state index in [0.717, 1.165) is 28.5 Å². The molecule has 0 aromatic heterocycles. The molecule has 0 amide bonds. The molecule has 2 aromatic rings. The zero-order valence-corrected chi connectivity index (χ0v) is 16.6. The van der Waals surface area contributed by atoms with Gasteiger partial charge in [0.2, 0.25) is 0 Å². The van der Waals surface area contributed by atoms with Crippen LogP contribution in [-0.4, -0.2) is 24.8 Å². The smallest absolute Gasteiger partial charge is 0.338 e. The lowest BCUT2D eigenvalue weighted by molar-refractivity contribution is -0.139. The number of carbonyl (C=O) groups is 1. The molecule has 0 spiro atoms. The number of nitrogens with one attached hydrogen (secondary N) is 2.